The van der Waals surface area contributed by atoms with Gasteiger partial charge < -0.3 is 9.84 Å². The molecule has 0 saturated carbocycles. The zero-order chi connectivity index (χ0) is 12.9. The first-order valence-electron chi connectivity index (χ1n) is 5.36. The van der Waals surface area contributed by atoms with Gasteiger partial charge in [0.15, 0.2) is 5.78 Å². The third kappa shape index (κ3) is 3.39. The molecule has 0 spiro atoms. The lowest BCUT2D eigenvalue weighted by Gasteiger charge is -2.22. The Bertz CT molecular complexity index is 395. The maximum absolute atomic E-state index is 11.8. The number of ether oxygens (including phenoxy) is 1. The molecule has 0 radical (unpaired) electrons. The van der Waals surface area contributed by atoms with Crippen LogP contribution in [0.3, 0.4) is 0 Å². The highest BCUT2D eigenvalue weighted by Gasteiger charge is 2.31. The van der Waals surface area contributed by atoms with Crippen LogP contribution in [0.15, 0.2) is 30.3 Å². The molecule has 17 heavy (non-hydrogen) atoms. The molecule has 0 aliphatic carbocycles. The Balaban J connectivity index is 2.71. The molecule has 4 heteroatoms. The van der Waals surface area contributed by atoms with Crippen LogP contribution in [-0.2, 0) is 19.9 Å². The summed E-state index contributed by atoms with van der Waals surface area (Å²) in [5, 5.41) is 10.1. The number of ketones is 1. The van der Waals surface area contributed by atoms with Gasteiger partial charge in [-0.2, -0.15) is 0 Å². The molecule has 0 saturated heterocycles. The lowest BCUT2D eigenvalue weighted by Crippen LogP contribution is -2.32. The number of carbonyl (C=O) groups excluding carboxylic acids is 2. The van der Waals surface area contributed by atoms with Crippen molar-refractivity contribution in [3.8, 4) is 0 Å². The summed E-state index contributed by atoms with van der Waals surface area (Å²) in [6, 6.07) is 8.65. The van der Waals surface area contributed by atoms with Gasteiger partial charge >= 0.3 is 5.97 Å². The van der Waals surface area contributed by atoms with E-state index in [1.807, 2.05) is 0 Å². The monoisotopic (exact) mass is 236 g/mol. The molecule has 1 unspecified atom stereocenters. The molecule has 1 rings (SSSR count). The van der Waals surface area contributed by atoms with Gasteiger partial charge in [-0.15, -0.1) is 0 Å². The quantitative estimate of drug-likeness (QED) is 0.785. The van der Waals surface area contributed by atoms with Gasteiger partial charge in [0.1, 0.15) is 5.60 Å². The van der Waals surface area contributed by atoms with Crippen molar-refractivity contribution >= 4 is 11.8 Å². The van der Waals surface area contributed by atoms with E-state index < -0.39 is 17.4 Å². The van der Waals surface area contributed by atoms with Crippen molar-refractivity contribution in [2.24, 2.45) is 0 Å². The summed E-state index contributed by atoms with van der Waals surface area (Å²) < 4.78 is 4.45. The third-order valence-electron chi connectivity index (χ3n) is 2.66. The lowest BCUT2D eigenvalue weighted by atomic mass is 9.89. The standard InChI is InChI=1S/C13H16O4/c1-13(16,10-6-4-3-5-7-10)11(14)8-9-12(15)17-2/h3-7,16H,8-9H2,1-2H3. The Hall–Kier alpha value is -1.68. The van der Waals surface area contributed by atoms with Gasteiger partial charge in [0.25, 0.3) is 0 Å². The summed E-state index contributed by atoms with van der Waals surface area (Å²) in [6.45, 7) is 1.43. The fourth-order valence-electron chi connectivity index (χ4n) is 1.48. The van der Waals surface area contributed by atoms with E-state index in [-0.39, 0.29) is 12.8 Å². The Labute approximate surface area is 100 Å². The van der Waals surface area contributed by atoms with Gasteiger partial charge in [-0.1, -0.05) is 30.3 Å². The minimum Gasteiger partial charge on any atom is -0.469 e. The summed E-state index contributed by atoms with van der Waals surface area (Å²) in [5.74, 6) is -0.851. The highest BCUT2D eigenvalue weighted by Crippen LogP contribution is 2.23. The van der Waals surface area contributed by atoms with Crippen molar-refractivity contribution < 1.29 is 19.4 Å². The van der Waals surface area contributed by atoms with Crippen molar-refractivity contribution in [1.29, 1.82) is 0 Å². The van der Waals surface area contributed by atoms with E-state index in [9.17, 15) is 14.7 Å². The Morgan fingerprint density at radius 3 is 2.35 bits per heavy atom. The van der Waals surface area contributed by atoms with Gasteiger partial charge in [0.05, 0.1) is 13.5 Å². The number of rotatable bonds is 5. The average Bonchev–Trinajstić information content (AvgIpc) is 2.36. The fraction of sp³-hybridized carbons (Fsp3) is 0.385. The molecule has 0 amide bonds. The van der Waals surface area contributed by atoms with Crippen molar-refractivity contribution in [3.63, 3.8) is 0 Å². The molecule has 1 N–H and O–H groups in total. The molecule has 92 valence electrons. The maximum Gasteiger partial charge on any atom is 0.305 e. The number of Topliss-reactive ketones (excluding diaryl/α,β-unsaturated/α-hetero) is 1. The van der Waals surface area contributed by atoms with Gasteiger partial charge in [-0.3, -0.25) is 9.59 Å². The molecule has 1 aromatic rings. The highest BCUT2D eigenvalue weighted by atomic mass is 16.5. The number of hydrogen-bond donors (Lipinski definition) is 1. The molecular formula is C13H16O4. The third-order valence-corrected chi connectivity index (χ3v) is 2.66. The molecule has 0 aliphatic rings. The summed E-state index contributed by atoms with van der Waals surface area (Å²) in [6.07, 6.45) is -0.0487. The number of hydrogen-bond acceptors (Lipinski definition) is 4. The van der Waals surface area contributed by atoms with Crippen LogP contribution in [0, 0.1) is 0 Å². The first kappa shape index (κ1) is 13.4. The van der Waals surface area contributed by atoms with Crippen LogP contribution in [0.1, 0.15) is 25.3 Å². The lowest BCUT2D eigenvalue weighted by molar-refractivity contribution is -0.145. The van der Waals surface area contributed by atoms with Crippen LogP contribution in [0.4, 0.5) is 0 Å². The number of methoxy groups -OCH3 is 1. The van der Waals surface area contributed by atoms with Crippen LogP contribution in [0.2, 0.25) is 0 Å². The van der Waals surface area contributed by atoms with Crippen LogP contribution >= 0.6 is 0 Å². The SMILES string of the molecule is COC(=O)CCC(=O)C(C)(O)c1ccccc1. The molecule has 1 atom stereocenters. The number of esters is 1. The number of carbonyl (C=O) groups is 2. The fourth-order valence-corrected chi connectivity index (χ4v) is 1.48. The molecule has 1 aromatic carbocycles. The van der Waals surface area contributed by atoms with Crippen LogP contribution < -0.4 is 0 Å². The molecule has 0 heterocycles. The smallest absolute Gasteiger partial charge is 0.305 e. The first-order chi connectivity index (χ1) is 7.98. The predicted octanol–water partition coefficient (Wildman–Crippen LogP) is 1.42. The van der Waals surface area contributed by atoms with E-state index in [4.69, 9.17) is 0 Å². The number of benzene rings is 1. The zero-order valence-electron chi connectivity index (χ0n) is 9.97. The van der Waals surface area contributed by atoms with Gasteiger partial charge in [0.2, 0.25) is 0 Å². The average molecular weight is 236 g/mol. The topological polar surface area (TPSA) is 63.6 Å². The van der Waals surface area contributed by atoms with Crippen molar-refractivity contribution in [1.82, 2.24) is 0 Å². The summed E-state index contributed by atoms with van der Waals surface area (Å²) in [7, 11) is 1.27. The zero-order valence-corrected chi connectivity index (χ0v) is 9.97. The Morgan fingerprint density at radius 2 is 1.82 bits per heavy atom. The van der Waals surface area contributed by atoms with E-state index in [0.717, 1.165) is 0 Å². The van der Waals surface area contributed by atoms with E-state index in [2.05, 4.69) is 4.74 Å². The van der Waals surface area contributed by atoms with Crippen molar-refractivity contribution in [3.05, 3.63) is 35.9 Å². The normalized spacial score (nSPS) is 13.8. The van der Waals surface area contributed by atoms with Crippen LogP contribution in [0.5, 0.6) is 0 Å². The van der Waals surface area contributed by atoms with Crippen LogP contribution in [0.25, 0.3) is 0 Å². The highest BCUT2D eigenvalue weighted by molar-refractivity contribution is 5.90. The minimum atomic E-state index is -1.56. The van der Waals surface area contributed by atoms with Gasteiger partial charge in [-0.25, -0.2) is 0 Å². The predicted molar refractivity (Wildman–Crippen MR) is 62.3 cm³/mol. The minimum absolute atomic E-state index is 0.0156. The summed E-state index contributed by atoms with van der Waals surface area (Å²) in [5.41, 5.74) is -1.04. The summed E-state index contributed by atoms with van der Waals surface area (Å²) in [4.78, 5) is 22.8. The number of aliphatic hydroxyl groups is 1. The Kier molecular flexibility index (Phi) is 4.40. The molecule has 0 fully saturated rings. The van der Waals surface area contributed by atoms with E-state index >= 15 is 0 Å². The summed E-state index contributed by atoms with van der Waals surface area (Å²) >= 11 is 0. The first-order valence-corrected chi connectivity index (χ1v) is 5.36. The van der Waals surface area contributed by atoms with Crippen LogP contribution in [-0.4, -0.2) is 24.0 Å². The van der Waals surface area contributed by atoms with Crippen molar-refractivity contribution in [2.75, 3.05) is 7.11 Å². The van der Waals surface area contributed by atoms with Crippen molar-refractivity contribution in [2.45, 2.75) is 25.4 Å². The largest absolute Gasteiger partial charge is 0.469 e. The second kappa shape index (κ2) is 5.59. The van der Waals surface area contributed by atoms with Gasteiger partial charge in [-0.05, 0) is 12.5 Å². The second-order valence-corrected chi connectivity index (χ2v) is 3.94. The van der Waals surface area contributed by atoms with Gasteiger partial charge in [0, 0.05) is 6.42 Å². The molecule has 0 bridgehead atoms. The maximum atomic E-state index is 11.8. The second-order valence-electron chi connectivity index (χ2n) is 3.94. The molecule has 0 aliphatic heterocycles. The molecule has 0 aromatic heterocycles. The Morgan fingerprint density at radius 1 is 1.24 bits per heavy atom. The molecular weight excluding hydrogens is 220 g/mol. The molecule has 4 nitrogen and oxygen atoms in total. The van der Waals surface area contributed by atoms with E-state index in [1.54, 1.807) is 30.3 Å². The van der Waals surface area contributed by atoms with E-state index in [1.165, 1.54) is 14.0 Å². The van der Waals surface area contributed by atoms with E-state index in [0.29, 0.717) is 5.56 Å².